The van der Waals surface area contributed by atoms with Crippen LogP contribution in [-0.4, -0.2) is 37.0 Å². The number of aliphatic hydroxyl groups is 1. The smallest absolute Gasteiger partial charge is 0.243 e. The molecule has 0 bridgehead atoms. The number of benzene rings is 1. The predicted octanol–water partition coefficient (Wildman–Crippen LogP) is 0.723. The second-order valence-corrected chi connectivity index (χ2v) is 6.48. The molecule has 0 unspecified atom stereocenters. The summed E-state index contributed by atoms with van der Waals surface area (Å²) in [7, 11) is -3.55. The van der Waals surface area contributed by atoms with Crippen LogP contribution in [0.25, 0.3) is 0 Å². The fourth-order valence-electron chi connectivity index (χ4n) is 1.87. The maximum atomic E-state index is 12.4. The number of rotatable bonds is 5. The number of aryl methyl sites for hydroxylation is 1. The fourth-order valence-corrected chi connectivity index (χ4v) is 3.59. The van der Waals surface area contributed by atoms with E-state index in [-0.39, 0.29) is 24.1 Å². The van der Waals surface area contributed by atoms with Crippen LogP contribution in [0.1, 0.15) is 18.4 Å². The number of nitrogen functional groups attached to an aromatic ring is 1. The Morgan fingerprint density at radius 1 is 1.44 bits per heavy atom. The highest BCUT2D eigenvalue weighted by Crippen LogP contribution is 2.32. The Hall–Kier alpha value is -1.11. The number of hydrogen-bond donors (Lipinski definition) is 2. The van der Waals surface area contributed by atoms with Gasteiger partial charge >= 0.3 is 0 Å². The summed E-state index contributed by atoms with van der Waals surface area (Å²) in [6, 6.07) is 4.78. The van der Waals surface area contributed by atoms with Crippen molar-refractivity contribution in [2.75, 3.05) is 18.9 Å². The molecule has 6 heteroatoms. The molecule has 0 radical (unpaired) electrons. The van der Waals surface area contributed by atoms with E-state index in [1.54, 1.807) is 12.1 Å². The maximum Gasteiger partial charge on any atom is 0.243 e. The lowest BCUT2D eigenvalue weighted by Crippen LogP contribution is -2.35. The number of sulfonamides is 1. The third-order valence-electron chi connectivity index (χ3n) is 3.13. The zero-order chi connectivity index (χ0) is 13.3. The van der Waals surface area contributed by atoms with Crippen LogP contribution in [-0.2, 0) is 10.0 Å². The second kappa shape index (κ2) is 4.87. The number of nitrogens with two attached hydrogens (primary N) is 1. The van der Waals surface area contributed by atoms with Crippen LogP contribution in [0.4, 0.5) is 5.69 Å². The van der Waals surface area contributed by atoms with Crippen molar-refractivity contribution < 1.29 is 13.5 Å². The van der Waals surface area contributed by atoms with Gasteiger partial charge in [0.15, 0.2) is 0 Å². The summed E-state index contributed by atoms with van der Waals surface area (Å²) in [6.07, 6.45) is 1.72. The van der Waals surface area contributed by atoms with Crippen molar-refractivity contribution in [3.05, 3.63) is 23.8 Å². The Labute approximate surface area is 107 Å². The second-order valence-electron chi connectivity index (χ2n) is 4.59. The van der Waals surface area contributed by atoms with Crippen LogP contribution in [0.15, 0.2) is 23.1 Å². The van der Waals surface area contributed by atoms with Crippen LogP contribution < -0.4 is 5.73 Å². The highest BCUT2D eigenvalue weighted by molar-refractivity contribution is 7.89. The van der Waals surface area contributed by atoms with E-state index in [2.05, 4.69) is 0 Å². The molecule has 0 spiro atoms. The van der Waals surface area contributed by atoms with Crippen molar-refractivity contribution in [1.29, 1.82) is 0 Å². The number of hydrogen-bond acceptors (Lipinski definition) is 4. The van der Waals surface area contributed by atoms with E-state index in [1.807, 2.05) is 6.92 Å². The lowest BCUT2D eigenvalue weighted by Gasteiger charge is -2.21. The van der Waals surface area contributed by atoms with Gasteiger partial charge in [-0.15, -0.1) is 0 Å². The minimum atomic E-state index is -3.55. The Morgan fingerprint density at radius 3 is 2.61 bits per heavy atom. The van der Waals surface area contributed by atoms with Crippen LogP contribution in [0.3, 0.4) is 0 Å². The first kappa shape index (κ1) is 13.3. The summed E-state index contributed by atoms with van der Waals surface area (Å²) >= 11 is 0. The molecule has 0 heterocycles. The van der Waals surface area contributed by atoms with Gasteiger partial charge in [-0.3, -0.25) is 0 Å². The molecule has 1 aliphatic carbocycles. The molecule has 1 aliphatic rings. The summed E-state index contributed by atoms with van der Waals surface area (Å²) in [5.41, 5.74) is 7.07. The Morgan fingerprint density at radius 2 is 2.11 bits per heavy atom. The van der Waals surface area contributed by atoms with Crippen molar-refractivity contribution in [2.24, 2.45) is 0 Å². The van der Waals surface area contributed by atoms with Crippen molar-refractivity contribution in [3.8, 4) is 0 Å². The first-order valence-electron chi connectivity index (χ1n) is 5.95. The molecule has 100 valence electrons. The number of aliphatic hydroxyl groups excluding tert-OH is 1. The van der Waals surface area contributed by atoms with Gasteiger partial charge in [-0.05, 0) is 37.5 Å². The van der Waals surface area contributed by atoms with Crippen LogP contribution in [0.2, 0.25) is 0 Å². The molecule has 0 saturated heterocycles. The van der Waals surface area contributed by atoms with E-state index in [1.165, 1.54) is 10.4 Å². The van der Waals surface area contributed by atoms with Gasteiger partial charge < -0.3 is 10.8 Å². The first-order valence-corrected chi connectivity index (χ1v) is 7.39. The Bertz CT molecular complexity index is 538. The van der Waals surface area contributed by atoms with Crippen molar-refractivity contribution in [1.82, 2.24) is 4.31 Å². The van der Waals surface area contributed by atoms with E-state index in [0.717, 1.165) is 18.4 Å². The largest absolute Gasteiger partial charge is 0.398 e. The summed E-state index contributed by atoms with van der Waals surface area (Å²) < 4.78 is 26.2. The zero-order valence-electron chi connectivity index (χ0n) is 10.3. The summed E-state index contributed by atoms with van der Waals surface area (Å²) in [4.78, 5) is 0.200. The van der Waals surface area contributed by atoms with Gasteiger partial charge in [-0.2, -0.15) is 4.31 Å². The maximum absolute atomic E-state index is 12.4. The summed E-state index contributed by atoms with van der Waals surface area (Å²) in [5.74, 6) is 0. The standard InChI is InChI=1S/C12H18N2O3S/c1-9-2-5-11(8-12(9)13)18(16,17)14(6-7-15)10-3-4-10/h2,5,8,10,15H,3-4,6-7,13H2,1H3. The van der Waals surface area contributed by atoms with Gasteiger partial charge in [-0.25, -0.2) is 8.42 Å². The molecule has 1 fully saturated rings. The van der Waals surface area contributed by atoms with Crippen molar-refractivity contribution in [2.45, 2.75) is 30.7 Å². The SMILES string of the molecule is Cc1ccc(S(=O)(=O)N(CCO)C2CC2)cc1N. The molecule has 0 aromatic heterocycles. The van der Waals surface area contributed by atoms with Crippen LogP contribution >= 0.6 is 0 Å². The first-order chi connectivity index (χ1) is 8.46. The molecule has 3 N–H and O–H groups in total. The Balaban J connectivity index is 2.36. The predicted molar refractivity (Wildman–Crippen MR) is 69.6 cm³/mol. The average Bonchev–Trinajstić information content (AvgIpc) is 3.13. The normalized spacial score (nSPS) is 16.2. The van der Waals surface area contributed by atoms with Gasteiger partial charge in [-0.1, -0.05) is 6.07 Å². The van der Waals surface area contributed by atoms with E-state index in [4.69, 9.17) is 10.8 Å². The van der Waals surface area contributed by atoms with Crippen LogP contribution in [0.5, 0.6) is 0 Å². The molecule has 0 atom stereocenters. The highest BCUT2D eigenvalue weighted by atomic mass is 32.2. The van der Waals surface area contributed by atoms with Crippen molar-refractivity contribution >= 4 is 15.7 Å². The minimum Gasteiger partial charge on any atom is -0.398 e. The quantitative estimate of drug-likeness (QED) is 0.772. The molecule has 1 aromatic rings. The molecule has 0 aliphatic heterocycles. The lowest BCUT2D eigenvalue weighted by atomic mass is 10.2. The number of nitrogens with zero attached hydrogens (tertiary/aromatic N) is 1. The topological polar surface area (TPSA) is 83.6 Å². The summed E-state index contributed by atoms with van der Waals surface area (Å²) in [5, 5.41) is 8.99. The molecular formula is C12H18N2O3S. The molecule has 5 nitrogen and oxygen atoms in total. The minimum absolute atomic E-state index is 0.0321. The van der Waals surface area contributed by atoms with Gasteiger partial charge in [0.1, 0.15) is 0 Å². The molecule has 2 rings (SSSR count). The van der Waals surface area contributed by atoms with Gasteiger partial charge in [0, 0.05) is 18.3 Å². The Kier molecular flexibility index (Phi) is 3.61. The fraction of sp³-hybridized carbons (Fsp3) is 0.500. The van der Waals surface area contributed by atoms with Gasteiger partial charge in [0.2, 0.25) is 10.0 Å². The highest BCUT2D eigenvalue weighted by Gasteiger charge is 2.37. The van der Waals surface area contributed by atoms with Crippen molar-refractivity contribution in [3.63, 3.8) is 0 Å². The monoisotopic (exact) mass is 270 g/mol. The molecule has 1 saturated carbocycles. The molecular weight excluding hydrogens is 252 g/mol. The molecule has 1 aromatic carbocycles. The summed E-state index contributed by atoms with van der Waals surface area (Å²) in [6.45, 7) is 1.80. The third-order valence-corrected chi connectivity index (χ3v) is 5.08. The van der Waals surface area contributed by atoms with E-state index < -0.39 is 10.0 Å². The van der Waals surface area contributed by atoms with Crippen LogP contribution in [0, 0.1) is 6.92 Å². The number of anilines is 1. The van der Waals surface area contributed by atoms with Gasteiger partial charge in [0.25, 0.3) is 0 Å². The lowest BCUT2D eigenvalue weighted by molar-refractivity contribution is 0.250. The molecule has 0 amide bonds. The van der Waals surface area contributed by atoms with Gasteiger partial charge in [0.05, 0.1) is 11.5 Å². The average molecular weight is 270 g/mol. The van der Waals surface area contributed by atoms with E-state index in [0.29, 0.717) is 5.69 Å². The molecule has 18 heavy (non-hydrogen) atoms. The van der Waals surface area contributed by atoms with E-state index >= 15 is 0 Å². The third kappa shape index (κ3) is 2.50. The van der Waals surface area contributed by atoms with E-state index in [9.17, 15) is 8.42 Å². The zero-order valence-corrected chi connectivity index (χ0v) is 11.2.